The van der Waals surface area contributed by atoms with Gasteiger partial charge in [0.1, 0.15) is 57.7 Å². The number of allylic oxidation sites excluding steroid dienone is 4. The highest BCUT2D eigenvalue weighted by Gasteiger charge is 2.79. The monoisotopic (exact) mass is 610 g/mol. The van der Waals surface area contributed by atoms with E-state index in [1.165, 1.54) is 12.1 Å². The lowest BCUT2D eigenvalue weighted by molar-refractivity contribution is -0.241. The highest BCUT2D eigenvalue weighted by molar-refractivity contribution is 6.44. The molecule has 3 heterocycles. The first kappa shape index (κ1) is 28.3. The number of carbonyl (C=O) groups excluding carboxylic acids is 3. The van der Waals surface area contributed by atoms with Crippen molar-refractivity contribution in [2.75, 3.05) is 6.61 Å². The second-order valence-corrected chi connectivity index (χ2v) is 13.0. The lowest BCUT2D eigenvalue weighted by atomic mass is 9.50. The van der Waals surface area contributed by atoms with Crippen LogP contribution in [0.25, 0.3) is 0 Å². The number of esters is 1. The molecule has 0 saturated carbocycles. The molecule has 11 heteroatoms. The molecule has 2 fully saturated rings. The van der Waals surface area contributed by atoms with Crippen molar-refractivity contribution in [3.8, 4) is 11.5 Å². The summed E-state index contributed by atoms with van der Waals surface area (Å²) in [5.74, 6) is -7.75. The number of halogens is 1. The Morgan fingerprint density at radius 1 is 1.16 bits per heavy atom. The molecule has 6 aliphatic rings. The molecule has 8 atom stereocenters. The summed E-state index contributed by atoms with van der Waals surface area (Å²) < 4.78 is 24.8. The SMILES string of the molecule is CC(C)=CC[C@]12O[C@H]1[C@@H](O)C=C1[C@H]3C=C(C)C[C@]4(C(=O)CO)[C@H]3C(=C(Cl)C(=O)[C@]43OC(=O)c4c(O)cc(C)cc4O3)O[C@H]12. The second-order valence-electron chi connectivity index (χ2n) is 12.7. The van der Waals surface area contributed by atoms with E-state index in [1.54, 1.807) is 19.9 Å². The van der Waals surface area contributed by atoms with Crippen molar-refractivity contribution in [1.29, 1.82) is 0 Å². The first-order valence-corrected chi connectivity index (χ1v) is 14.6. The van der Waals surface area contributed by atoms with Crippen LogP contribution in [0.3, 0.4) is 0 Å². The van der Waals surface area contributed by atoms with Crippen LogP contribution in [-0.2, 0) is 23.8 Å². The van der Waals surface area contributed by atoms with Crippen LogP contribution in [0.2, 0.25) is 0 Å². The number of ether oxygens (including phenoxy) is 4. The Morgan fingerprint density at radius 3 is 2.60 bits per heavy atom. The van der Waals surface area contributed by atoms with E-state index in [0.717, 1.165) is 5.57 Å². The smallest absolute Gasteiger partial charge is 0.349 e. The van der Waals surface area contributed by atoms with Gasteiger partial charge in [0.05, 0.1) is 0 Å². The molecule has 43 heavy (non-hydrogen) atoms. The Balaban J connectivity index is 1.48. The predicted octanol–water partition coefficient (Wildman–Crippen LogP) is 3.30. The van der Waals surface area contributed by atoms with Crippen LogP contribution in [0, 0.1) is 24.2 Å². The van der Waals surface area contributed by atoms with Gasteiger partial charge in [-0.1, -0.05) is 34.9 Å². The molecule has 10 nitrogen and oxygen atoms in total. The first-order chi connectivity index (χ1) is 20.3. The van der Waals surface area contributed by atoms with Gasteiger partial charge in [0.25, 0.3) is 5.78 Å². The molecule has 0 radical (unpaired) electrons. The minimum atomic E-state index is -2.61. The molecule has 2 saturated heterocycles. The topological polar surface area (TPSA) is 152 Å². The number of aliphatic hydroxyl groups excluding tert-OH is 2. The van der Waals surface area contributed by atoms with Crippen LogP contribution in [0.15, 0.2) is 57.9 Å². The van der Waals surface area contributed by atoms with E-state index in [0.29, 0.717) is 23.1 Å². The van der Waals surface area contributed by atoms with Gasteiger partial charge in [-0.05, 0) is 63.5 Å². The van der Waals surface area contributed by atoms with Gasteiger partial charge >= 0.3 is 11.8 Å². The molecule has 1 aromatic carbocycles. The normalized spacial score (nSPS) is 38.3. The van der Waals surface area contributed by atoms with Crippen molar-refractivity contribution in [2.45, 2.75) is 70.2 Å². The minimum Gasteiger partial charge on any atom is -0.507 e. The van der Waals surface area contributed by atoms with Crippen LogP contribution >= 0.6 is 11.6 Å². The summed E-state index contributed by atoms with van der Waals surface area (Å²) in [4.78, 5) is 42.1. The van der Waals surface area contributed by atoms with Gasteiger partial charge in [0.15, 0.2) is 11.9 Å². The van der Waals surface area contributed by atoms with E-state index in [9.17, 15) is 29.7 Å². The first-order valence-electron chi connectivity index (χ1n) is 14.2. The standard InChI is InChI=1S/C32H31ClO10/c1-13(2)5-6-31-27-17(10-19(36)28(31)42-31)16-7-15(4)11-30(21(37)12-34)23(16)25(40-27)24(33)26(38)32(30)41-20-9-14(3)8-18(35)22(20)29(39)43-32/h5,7-10,16,19,23,27-28,34-36H,6,11-12H2,1-4H3/t16-,19+,23-,27-,28+,30+,31-,32+/m1/s1. The number of aryl methyl sites for hydroxylation is 1. The van der Waals surface area contributed by atoms with Crippen LogP contribution < -0.4 is 4.74 Å². The molecular formula is C32H31ClO10. The highest BCUT2D eigenvalue weighted by atomic mass is 35.5. The van der Waals surface area contributed by atoms with Crippen molar-refractivity contribution >= 4 is 29.1 Å². The maximum Gasteiger partial charge on any atom is 0.349 e. The lowest BCUT2D eigenvalue weighted by Crippen LogP contribution is -2.73. The highest BCUT2D eigenvalue weighted by Crippen LogP contribution is 2.67. The van der Waals surface area contributed by atoms with E-state index in [4.69, 9.17) is 30.5 Å². The molecule has 1 spiro atoms. The fraction of sp³-hybridized carbons (Fsp3) is 0.469. The number of epoxide rings is 1. The van der Waals surface area contributed by atoms with Crippen LogP contribution in [0.1, 0.15) is 49.5 Å². The molecule has 7 rings (SSSR count). The molecule has 3 N–H and O–H groups in total. The van der Waals surface area contributed by atoms with Gasteiger partial charge in [0.2, 0.25) is 0 Å². The third-order valence-corrected chi connectivity index (χ3v) is 10.1. The van der Waals surface area contributed by atoms with Crippen molar-refractivity contribution in [3.63, 3.8) is 0 Å². The van der Waals surface area contributed by atoms with E-state index in [1.807, 2.05) is 26.0 Å². The number of carbonyl (C=O) groups is 3. The number of rotatable bonds is 4. The number of aromatic hydroxyl groups is 1. The molecular weight excluding hydrogens is 580 g/mol. The van der Waals surface area contributed by atoms with Crippen molar-refractivity contribution in [3.05, 3.63) is 69.0 Å². The molecule has 0 amide bonds. The van der Waals surface area contributed by atoms with Crippen molar-refractivity contribution in [1.82, 2.24) is 0 Å². The number of phenolic OH excluding ortho intramolecular Hbond substituents is 1. The lowest BCUT2D eigenvalue weighted by Gasteiger charge is -2.59. The van der Waals surface area contributed by atoms with Gasteiger partial charge in [-0.25, -0.2) is 4.79 Å². The summed E-state index contributed by atoms with van der Waals surface area (Å²) in [5, 5.41) is 31.6. The molecule has 0 bridgehead atoms. The van der Waals surface area contributed by atoms with Crippen LogP contribution in [0.5, 0.6) is 11.5 Å². The summed E-state index contributed by atoms with van der Waals surface area (Å²) in [6.07, 6.45) is 3.67. The average molecular weight is 611 g/mol. The summed E-state index contributed by atoms with van der Waals surface area (Å²) in [6.45, 7) is 6.34. The molecule has 3 aliphatic carbocycles. The summed E-state index contributed by atoms with van der Waals surface area (Å²) in [6, 6.07) is 2.81. The summed E-state index contributed by atoms with van der Waals surface area (Å²) in [7, 11) is 0. The zero-order valence-electron chi connectivity index (χ0n) is 24.0. The molecule has 226 valence electrons. The van der Waals surface area contributed by atoms with E-state index < -0.39 is 81.9 Å². The van der Waals surface area contributed by atoms with E-state index >= 15 is 0 Å². The van der Waals surface area contributed by atoms with Crippen molar-refractivity contribution in [2.24, 2.45) is 17.3 Å². The Morgan fingerprint density at radius 2 is 1.91 bits per heavy atom. The number of aliphatic hydroxyl groups is 2. The maximum absolute atomic E-state index is 14.4. The van der Waals surface area contributed by atoms with E-state index in [-0.39, 0.29) is 23.5 Å². The van der Waals surface area contributed by atoms with Gasteiger partial charge < -0.3 is 34.3 Å². The molecule has 1 aromatic rings. The molecule has 0 aromatic heterocycles. The van der Waals surface area contributed by atoms with Crippen LogP contribution in [0.4, 0.5) is 0 Å². The van der Waals surface area contributed by atoms with Gasteiger partial charge in [0, 0.05) is 18.3 Å². The Bertz CT molecular complexity index is 1650. The van der Waals surface area contributed by atoms with E-state index in [2.05, 4.69) is 0 Å². The fourth-order valence-electron chi connectivity index (χ4n) is 7.93. The second kappa shape index (κ2) is 9.04. The van der Waals surface area contributed by atoms with Crippen molar-refractivity contribution < 1.29 is 48.7 Å². The number of hydrogen-bond donors (Lipinski definition) is 3. The third-order valence-electron chi connectivity index (χ3n) is 9.71. The van der Waals surface area contributed by atoms with Gasteiger partial charge in [-0.2, -0.15) is 0 Å². The number of Topliss-reactive ketones (excluding diaryl/α,β-unsaturated/α-hetero) is 2. The largest absolute Gasteiger partial charge is 0.507 e. The van der Waals surface area contributed by atoms with Gasteiger partial charge in [-0.15, -0.1) is 0 Å². The number of hydrogen-bond acceptors (Lipinski definition) is 10. The quantitative estimate of drug-likeness (QED) is 0.263. The fourth-order valence-corrected chi connectivity index (χ4v) is 8.21. The number of ketones is 2. The number of phenols is 1. The Kier molecular flexibility index (Phi) is 5.96. The zero-order valence-corrected chi connectivity index (χ0v) is 24.7. The zero-order chi connectivity index (χ0) is 30.8. The number of fused-ring (bicyclic) bond motifs is 6. The average Bonchev–Trinajstić information content (AvgIpc) is 3.70. The van der Waals surface area contributed by atoms with Gasteiger partial charge in [-0.3, -0.25) is 9.59 Å². The number of benzene rings is 1. The molecule has 3 aliphatic heterocycles. The minimum absolute atomic E-state index is 0.0229. The predicted molar refractivity (Wildman–Crippen MR) is 150 cm³/mol. The van der Waals surface area contributed by atoms with Crippen LogP contribution in [-0.4, -0.2) is 69.2 Å². The summed E-state index contributed by atoms with van der Waals surface area (Å²) >= 11 is 6.82. The maximum atomic E-state index is 14.4. The molecule has 0 unspecified atom stereocenters. The Hall–Kier alpha value is -3.44. The Labute approximate surface area is 252 Å². The summed E-state index contributed by atoms with van der Waals surface area (Å²) in [5.41, 5.74) is -0.342. The third kappa shape index (κ3) is 3.49.